The van der Waals surface area contributed by atoms with Crippen molar-refractivity contribution < 1.29 is 4.92 Å². The summed E-state index contributed by atoms with van der Waals surface area (Å²) < 4.78 is 0. The van der Waals surface area contributed by atoms with E-state index in [1.807, 2.05) is 36.9 Å². The van der Waals surface area contributed by atoms with Crippen molar-refractivity contribution in [2.45, 2.75) is 41.5 Å². The Balaban J connectivity index is 2.52. The van der Waals surface area contributed by atoms with Gasteiger partial charge in [-0.3, -0.25) is 10.1 Å². The molecule has 0 radical (unpaired) electrons. The highest BCUT2D eigenvalue weighted by atomic mass is 16.6. The maximum absolute atomic E-state index is 11.9. The first-order valence-corrected chi connectivity index (χ1v) is 9.28. The van der Waals surface area contributed by atoms with Crippen molar-refractivity contribution in [1.82, 2.24) is 9.97 Å². The maximum atomic E-state index is 11.9. The summed E-state index contributed by atoms with van der Waals surface area (Å²) in [6.45, 7) is 13.7. The van der Waals surface area contributed by atoms with E-state index in [1.54, 1.807) is 0 Å². The molecule has 1 aromatic carbocycles. The monoisotopic (exact) mass is 371 g/mol. The van der Waals surface area contributed by atoms with E-state index < -0.39 is 4.92 Å². The minimum absolute atomic E-state index is 0.0836. The Hall–Kier alpha value is -2.70. The van der Waals surface area contributed by atoms with E-state index in [9.17, 15) is 10.1 Å². The Morgan fingerprint density at radius 1 is 1.11 bits per heavy atom. The van der Waals surface area contributed by atoms with Gasteiger partial charge in [-0.1, -0.05) is 39.8 Å². The fourth-order valence-electron chi connectivity index (χ4n) is 3.00. The van der Waals surface area contributed by atoms with Crippen LogP contribution in [-0.4, -0.2) is 28.0 Å². The largest absolute Gasteiger partial charge is 0.353 e. The highest BCUT2D eigenvalue weighted by Gasteiger charge is 2.28. The zero-order valence-electron chi connectivity index (χ0n) is 17.0. The third-order valence-corrected chi connectivity index (χ3v) is 4.31. The molecular weight excluding hydrogens is 342 g/mol. The second kappa shape index (κ2) is 8.79. The van der Waals surface area contributed by atoms with Crippen molar-refractivity contribution in [1.29, 1.82) is 0 Å². The van der Waals surface area contributed by atoms with Crippen LogP contribution in [0.3, 0.4) is 0 Å². The molecule has 0 aliphatic rings. The van der Waals surface area contributed by atoms with Crippen LogP contribution in [0, 0.1) is 35.8 Å². The number of aromatic nitrogens is 2. The summed E-state index contributed by atoms with van der Waals surface area (Å²) in [5.41, 5.74) is 2.87. The van der Waals surface area contributed by atoms with Gasteiger partial charge in [0.2, 0.25) is 11.6 Å². The summed E-state index contributed by atoms with van der Waals surface area (Å²) in [4.78, 5) is 22.0. The fourth-order valence-corrected chi connectivity index (χ4v) is 3.00. The number of aryl methyl sites for hydroxylation is 1. The summed E-state index contributed by atoms with van der Waals surface area (Å²) in [5.74, 6) is 1.30. The second-order valence-corrected chi connectivity index (χ2v) is 7.72. The van der Waals surface area contributed by atoms with Crippen LogP contribution in [0.4, 0.5) is 23.0 Å². The van der Waals surface area contributed by atoms with Gasteiger partial charge in [0.1, 0.15) is 6.33 Å². The molecule has 1 N–H and O–H groups in total. The van der Waals surface area contributed by atoms with E-state index in [4.69, 9.17) is 0 Å². The van der Waals surface area contributed by atoms with E-state index in [1.165, 1.54) is 6.33 Å². The smallest absolute Gasteiger partial charge is 0.350 e. The lowest BCUT2D eigenvalue weighted by atomic mass is 10.1. The van der Waals surface area contributed by atoms with Crippen molar-refractivity contribution in [3.05, 3.63) is 45.8 Å². The molecule has 1 heterocycles. The number of nitro groups is 1. The molecule has 2 rings (SSSR count). The van der Waals surface area contributed by atoms with Gasteiger partial charge in [0.25, 0.3) is 0 Å². The van der Waals surface area contributed by atoms with Gasteiger partial charge in [-0.05, 0) is 42.9 Å². The van der Waals surface area contributed by atoms with Gasteiger partial charge in [-0.15, -0.1) is 0 Å². The molecule has 7 nitrogen and oxygen atoms in total. The van der Waals surface area contributed by atoms with Gasteiger partial charge < -0.3 is 10.2 Å². The Morgan fingerprint density at radius 2 is 1.74 bits per heavy atom. The van der Waals surface area contributed by atoms with E-state index in [0.29, 0.717) is 30.7 Å². The molecule has 0 amide bonds. The lowest BCUT2D eigenvalue weighted by Gasteiger charge is -2.27. The summed E-state index contributed by atoms with van der Waals surface area (Å²) in [6, 6.07) is 5.82. The molecule has 7 heteroatoms. The van der Waals surface area contributed by atoms with E-state index in [-0.39, 0.29) is 11.5 Å². The highest BCUT2D eigenvalue weighted by Crippen LogP contribution is 2.35. The lowest BCUT2D eigenvalue weighted by Crippen LogP contribution is -2.32. The van der Waals surface area contributed by atoms with E-state index in [0.717, 1.165) is 16.8 Å². The van der Waals surface area contributed by atoms with Crippen molar-refractivity contribution in [3.63, 3.8) is 0 Å². The van der Waals surface area contributed by atoms with Crippen LogP contribution < -0.4 is 10.2 Å². The number of hydrogen-bond acceptors (Lipinski definition) is 6. The van der Waals surface area contributed by atoms with E-state index in [2.05, 4.69) is 43.0 Å². The number of rotatable bonds is 8. The van der Waals surface area contributed by atoms with Crippen molar-refractivity contribution in [2.24, 2.45) is 11.8 Å². The molecule has 0 bridgehead atoms. The molecule has 0 unspecified atom stereocenters. The van der Waals surface area contributed by atoms with Crippen LogP contribution in [0.15, 0.2) is 24.5 Å². The zero-order chi connectivity index (χ0) is 20.1. The van der Waals surface area contributed by atoms with Crippen LogP contribution in [0.1, 0.15) is 38.8 Å². The van der Waals surface area contributed by atoms with Crippen LogP contribution in [0.5, 0.6) is 0 Å². The molecule has 0 aliphatic carbocycles. The Kier molecular flexibility index (Phi) is 6.71. The minimum atomic E-state index is -0.392. The molecule has 1 aromatic heterocycles. The second-order valence-electron chi connectivity index (χ2n) is 7.72. The average molecular weight is 371 g/mol. The number of benzene rings is 1. The van der Waals surface area contributed by atoms with Crippen molar-refractivity contribution in [3.8, 4) is 0 Å². The molecule has 0 fully saturated rings. The molecule has 0 aliphatic heterocycles. The number of anilines is 3. The van der Waals surface area contributed by atoms with Gasteiger partial charge in [0, 0.05) is 18.8 Å². The quantitative estimate of drug-likeness (QED) is 0.527. The van der Waals surface area contributed by atoms with Gasteiger partial charge in [0.15, 0.2) is 0 Å². The molecule has 0 saturated carbocycles. The van der Waals surface area contributed by atoms with E-state index >= 15 is 0 Å². The fraction of sp³-hybridized carbons (Fsp3) is 0.500. The molecule has 0 spiro atoms. The molecule has 146 valence electrons. The predicted octanol–water partition coefficient (Wildman–Crippen LogP) is 4.86. The zero-order valence-corrected chi connectivity index (χ0v) is 17.0. The van der Waals surface area contributed by atoms with Crippen LogP contribution in [-0.2, 0) is 0 Å². The third-order valence-electron chi connectivity index (χ3n) is 4.31. The molecule has 2 aromatic rings. The van der Waals surface area contributed by atoms with Gasteiger partial charge in [-0.2, -0.15) is 0 Å². The molecular formula is C20H29N5O2. The number of hydrogen-bond donors (Lipinski definition) is 1. The minimum Gasteiger partial charge on any atom is -0.350 e. The Bertz CT molecular complexity index is 795. The third kappa shape index (κ3) is 5.15. The van der Waals surface area contributed by atoms with Crippen LogP contribution >= 0.6 is 0 Å². The topological polar surface area (TPSA) is 84.2 Å². The highest BCUT2D eigenvalue weighted by molar-refractivity contribution is 5.75. The van der Waals surface area contributed by atoms with Crippen LogP contribution in [0.25, 0.3) is 0 Å². The first-order chi connectivity index (χ1) is 12.7. The SMILES string of the molecule is Cc1cccc(Nc2ncnc(N(CC(C)C)CC(C)C)c2[N+](=O)[O-])c1C. The van der Waals surface area contributed by atoms with Gasteiger partial charge in [0.05, 0.1) is 4.92 Å². The van der Waals surface area contributed by atoms with Crippen molar-refractivity contribution in [2.75, 3.05) is 23.3 Å². The number of nitrogens with one attached hydrogen (secondary N) is 1. The average Bonchev–Trinajstić information content (AvgIpc) is 2.57. The van der Waals surface area contributed by atoms with Crippen molar-refractivity contribution >= 4 is 23.0 Å². The summed E-state index contributed by atoms with van der Waals surface area (Å²) in [5, 5.41) is 15.1. The summed E-state index contributed by atoms with van der Waals surface area (Å²) in [6.07, 6.45) is 1.39. The Morgan fingerprint density at radius 3 is 2.30 bits per heavy atom. The lowest BCUT2D eigenvalue weighted by molar-refractivity contribution is -0.383. The molecule has 0 atom stereocenters. The summed E-state index contributed by atoms with van der Waals surface area (Å²) >= 11 is 0. The summed E-state index contributed by atoms with van der Waals surface area (Å²) in [7, 11) is 0. The first-order valence-electron chi connectivity index (χ1n) is 9.28. The maximum Gasteiger partial charge on any atom is 0.353 e. The van der Waals surface area contributed by atoms with Crippen LogP contribution in [0.2, 0.25) is 0 Å². The van der Waals surface area contributed by atoms with Gasteiger partial charge in [-0.25, -0.2) is 9.97 Å². The molecule has 27 heavy (non-hydrogen) atoms. The normalized spacial score (nSPS) is 11.1. The molecule has 0 saturated heterocycles. The standard InChI is InChI=1S/C20H29N5O2/c1-13(2)10-24(11-14(3)4)20-18(25(26)27)19(21-12-22-20)23-17-9-7-8-15(5)16(17)6/h7-9,12-14H,10-11H2,1-6H3,(H,21,22,23). The first kappa shape index (κ1) is 20.6. The number of nitrogens with zero attached hydrogens (tertiary/aromatic N) is 4. The Labute approximate surface area is 161 Å². The van der Waals surface area contributed by atoms with Gasteiger partial charge >= 0.3 is 5.69 Å². The predicted molar refractivity (Wildman–Crippen MR) is 110 cm³/mol.